The van der Waals surface area contributed by atoms with E-state index in [-0.39, 0.29) is 5.69 Å². The molecule has 1 atom stereocenters. The van der Waals surface area contributed by atoms with Gasteiger partial charge in [-0.3, -0.25) is 4.90 Å². The molecular weight excluding hydrogens is 212 g/mol. The average Bonchev–Trinajstić information content (AvgIpc) is 2.30. The fourth-order valence-corrected chi connectivity index (χ4v) is 1.24. The van der Waals surface area contributed by atoms with Gasteiger partial charge in [-0.05, 0) is 19.1 Å². The third-order valence-corrected chi connectivity index (χ3v) is 2.06. The quantitative estimate of drug-likeness (QED) is 0.646. The fraction of sp³-hybridized carbons (Fsp3) is 0.200. The van der Waals surface area contributed by atoms with Gasteiger partial charge >= 0.3 is 12.0 Å². The Morgan fingerprint density at radius 1 is 1.44 bits per heavy atom. The maximum atomic E-state index is 11.5. The molecule has 0 fully saturated rings. The molecule has 0 spiro atoms. The second kappa shape index (κ2) is 4.19. The van der Waals surface area contributed by atoms with E-state index in [0.29, 0.717) is 4.90 Å². The molecule has 6 nitrogen and oxygen atoms in total. The molecule has 1 aromatic rings. The van der Waals surface area contributed by atoms with E-state index < -0.39 is 17.7 Å². The molecule has 0 aliphatic rings. The van der Waals surface area contributed by atoms with Gasteiger partial charge in [0, 0.05) is 5.69 Å². The topological polar surface area (TPSA) is 104 Å². The van der Waals surface area contributed by atoms with Gasteiger partial charge < -0.3 is 15.9 Å². The normalized spacial score (nSPS) is 14.5. The molecule has 0 bridgehead atoms. The second-order valence-corrected chi connectivity index (χ2v) is 3.30. The lowest BCUT2D eigenvalue weighted by molar-refractivity contribution is -0.155. The van der Waals surface area contributed by atoms with Crippen LogP contribution in [0, 0.1) is 0 Å². The molecule has 6 heteroatoms. The van der Waals surface area contributed by atoms with Crippen molar-refractivity contribution in [3.63, 3.8) is 0 Å². The van der Waals surface area contributed by atoms with Gasteiger partial charge in [-0.1, -0.05) is 18.2 Å². The predicted molar refractivity (Wildman–Crippen MR) is 56.8 cm³/mol. The van der Waals surface area contributed by atoms with Crippen molar-refractivity contribution < 1.29 is 21.2 Å². The van der Waals surface area contributed by atoms with Gasteiger partial charge in [0.25, 0.3) is 0 Å². The number of rotatable bonds is 3. The number of aliphatic carboxylic acids is 1. The Bertz CT molecular complexity index is 422. The lowest BCUT2D eigenvalue weighted by atomic mass is 10.2. The minimum atomic E-state index is -2.44. The van der Waals surface area contributed by atoms with Crippen LogP contribution in [0.2, 0.25) is 1.41 Å². The Kier molecular flexibility index (Phi) is 2.74. The number of nitrogens with zero attached hydrogens (tertiary/aromatic N) is 1. The van der Waals surface area contributed by atoms with Crippen LogP contribution >= 0.6 is 0 Å². The summed E-state index contributed by atoms with van der Waals surface area (Å²) in [6, 6.07) is 6.70. The van der Waals surface area contributed by atoms with Crippen LogP contribution in [-0.2, 0) is 4.79 Å². The van der Waals surface area contributed by atoms with E-state index in [1.807, 2.05) is 0 Å². The number of nitrogens with two attached hydrogens (primary N) is 1. The summed E-state index contributed by atoms with van der Waals surface area (Å²) in [6.07, 6.45) is 0. The second-order valence-electron chi connectivity index (χ2n) is 3.30. The zero-order valence-corrected chi connectivity index (χ0v) is 8.54. The number of urea groups is 1. The monoisotopic (exact) mass is 225 g/mol. The average molecular weight is 225 g/mol. The number of primary amides is 1. The van der Waals surface area contributed by atoms with E-state index >= 15 is 0 Å². The van der Waals surface area contributed by atoms with Gasteiger partial charge in [0.05, 0.1) is 0 Å². The molecular formula is C10H12N2O4. The van der Waals surface area contributed by atoms with Crippen molar-refractivity contribution in [2.24, 2.45) is 5.73 Å². The van der Waals surface area contributed by atoms with Gasteiger partial charge in [-0.2, -0.15) is 0 Å². The third-order valence-electron chi connectivity index (χ3n) is 2.06. The van der Waals surface area contributed by atoms with Crippen LogP contribution in [0.4, 0.5) is 10.5 Å². The highest BCUT2D eigenvalue weighted by molar-refractivity contribution is 5.98. The Hall–Kier alpha value is -2.08. The fourth-order valence-electron chi connectivity index (χ4n) is 1.24. The van der Waals surface area contributed by atoms with Crippen LogP contribution in [0.1, 0.15) is 6.92 Å². The van der Waals surface area contributed by atoms with Gasteiger partial charge in [-0.25, -0.2) is 9.59 Å². The lowest BCUT2D eigenvalue weighted by Gasteiger charge is -2.31. The van der Waals surface area contributed by atoms with Crippen molar-refractivity contribution in [1.29, 1.82) is 0 Å². The smallest absolute Gasteiger partial charge is 0.357 e. The van der Waals surface area contributed by atoms with Crippen molar-refractivity contribution in [1.82, 2.24) is 0 Å². The van der Waals surface area contributed by atoms with Crippen molar-refractivity contribution in [2.45, 2.75) is 12.6 Å². The van der Waals surface area contributed by atoms with Crippen molar-refractivity contribution in [3.8, 4) is 0 Å². The van der Waals surface area contributed by atoms with Crippen LogP contribution in [0.3, 0.4) is 0 Å². The van der Waals surface area contributed by atoms with Gasteiger partial charge in [-0.15, -0.1) is 0 Å². The number of hydrogen-bond acceptors (Lipinski definition) is 3. The number of carboxylic acids is 1. The van der Waals surface area contributed by atoms with Crippen LogP contribution in [-0.4, -0.2) is 27.9 Å². The minimum Gasteiger partial charge on any atom is -0.478 e. The van der Waals surface area contributed by atoms with Gasteiger partial charge in [0.15, 0.2) is 1.41 Å². The summed E-state index contributed by atoms with van der Waals surface area (Å²) < 4.78 is 6.76. The largest absolute Gasteiger partial charge is 0.478 e. The summed E-state index contributed by atoms with van der Waals surface area (Å²) in [5.74, 6) is -1.59. The summed E-state index contributed by atoms with van der Waals surface area (Å²) in [5.41, 5.74) is -0.729. The molecule has 0 saturated heterocycles. The molecule has 0 radical (unpaired) electrons. The zero-order chi connectivity index (χ0) is 13.1. The Labute approximate surface area is 93.4 Å². The maximum Gasteiger partial charge on any atom is 0.357 e. The first-order chi connectivity index (χ1) is 7.91. The first-order valence-electron chi connectivity index (χ1n) is 4.94. The molecule has 0 unspecified atom stereocenters. The molecule has 4 N–H and O–H groups in total. The van der Waals surface area contributed by atoms with E-state index in [9.17, 15) is 14.7 Å². The summed E-state index contributed by atoms with van der Waals surface area (Å²) in [6.45, 7) is 0.956. The molecule has 0 saturated carbocycles. The lowest BCUT2D eigenvalue weighted by Crippen LogP contribution is -2.57. The first kappa shape index (κ1) is 10.4. The summed E-state index contributed by atoms with van der Waals surface area (Å²) in [7, 11) is 0. The van der Waals surface area contributed by atoms with Crippen LogP contribution in [0.5, 0.6) is 0 Å². The third kappa shape index (κ3) is 2.12. The Balaban J connectivity index is 3.23. The molecule has 0 aromatic heterocycles. The number of anilines is 1. The van der Waals surface area contributed by atoms with Crippen LogP contribution in [0.25, 0.3) is 0 Å². The van der Waals surface area contributed by atoms with Crippen LogP contribution in [0.15, 0.2) is 30.3 Å². The molecule has 2 amide bonds. The number of carbonyl (C=O) groups excluding carboxylic acids is 1. The molecule has 86 valence electrons. The Morgan fingerprint density at radius 2 is 2.00 bits per heavy atom. The predicted octanol–water partition coefficient (Wildman–Crippen LogP) is 0.365. The summed E-state index contributed by atoms with van der Waals surface area (Å²) in [4.78, 5) is 23.0. The number of carbonyl (C=O) groups is 2. The molecule has 0 heterocycles. The van der Waals surface area contributed by atoms with E-state index in [0.717, 1.165) is 6.92 Å². The van der Waals surface area contributed by atoms with Crippen molar-refractivity contribution in [2.75, 3.05) is 4.90 Å². The molecule has 0 aliphatic heterocycles. The Morgan fingerprint density at radius 3 is 2.44 bits per heavy atom. The molecule has 0 aliphatic carbocycles. The standard InChI is InChI=1S/C10H12N2O4/c1-10(16,8(13)14)12(9(11)15)7-5-3-2-4-6-7/h2-6,16H,1H3,(H2,11,15)(H,13,14)/t10-/m1/s1/i/hD. The molecule has 16 heavy (non-hydrogen) atoms. The number of carboxylic acid groups (broad SMARTS) is 1. The molecule has 1 aromatic carbocycles. The minimum absolute atomic E-state index is 0.171. The van der Waals surface area contributed by atoms with Gasteiger partial charge in [0.1, 0.15) is 0 Å². The summed E-state index contributed by atoms with van der Waals surface area (Å²) >= 11 is 0. The highest BCUT2D eigenvalue weighted by Crippen LogP contribution is 2.22. The maximum absolute atomic E-state index is 11.5. The first-order valence-corrected chi connectivity index (χ1v) is 4.44. The van der Waals surface area contributed by atoms with Crippen molar-refractivity contribution in [3.05, 3.63) is 30.3 Å². The number of benzene rings is 1. The SMILES string of the molecule is [2H]NC(=O)N(c1ccccc1)[C@](C)(O)C(=O)O. The highest BCUT2D eigenvalue weighted by atomic mass is 16.4. The molecule has 1 rings (SSSR count). The van der Waals surface area contributed by atoms with Gasteiger partial charge in [0.2, 0.25) is 5.72 Å². The van der Waals surface area contributed by atoms with E-state index in [4.69, 9.17) is 6.52 Å². The van der Waals surface area contributed by atoms with E-state index in [1.54, 1.807) is 18.2 Å². The van der Waals surface area contributed by atoms with E-state index in [1.165, 1.54) is 17.9 Å². The van der Waals surface area contributed by atoms with E-state index in [2.05, 4.69) is 0 Å². The van der Waals surface area contributed by atoms with Crippen LogP contribution < -0.4 is 10.6 Å². The zero-order valence-electron chi connectivity index (χ0n) is 9.54. The number of para-hydroxylation sites is 1. The number of aliphatic hydroxyl groups is 1. The highest BCUT2D eigenvalue weighted by Gasteiger charge is 2.40. The number of hydrogen-bond donors (Lipinski definition) is 3. The number of amides is 2. The summed E-state index contributed by atoms with van der Waals surface area (Å²) in [5, 5.41) is 18.7. The van der Waals surface area contributed by atoms with Crippen molar-refractivity contribution >= 4 is 17.7 Å².